The molecule has 1 amide bonds. The van der Waals surface area contributed by atoms with E-state index in [1.165, 1.54) is 0 Å². The first-order valence-corrected chi connectivity index (χ1v) is 12.4. The highest BCUT2D eigenvalue weighted by atomic mass is 16.5. The molecule has 3 aromatic heterocycles. The first kappa shape index (κ1) is 24.3. The molecule has 0 aliphatic heterocycles. The molecule has 0 spiro atoms. The van der Waals surface area contributed by atoms with Crippen molar-refractivity contribution in [2.75, 3.05) is 12.4 Å². The molecule has 37 heavy (non-hydrogen) atoms. The number of aliphatic hydroxyl groups is 1. The minimum atomic E-state index is -1.38. The Balaban J connectivity index is 1.68. The van der Waals surface area contributed by atoms with E-state index >= 15 is 0 Å². The van der Waals surface area contributed by atoms with Gasteiger partial charge in [0.05, 0.1) is 24.6 Å². The Morgan fingerprint density at radius 2 is 1.65 bits per heavy atom. The number of carbonyl (C=O) groups excluding carboxylic acids is 1. The monoisotopic (exact) mass is 494 g/mol. The van der Waals surface area contributed by atoms with Gasteiger partial charge in [-0.15, -0.1) is 0 Å². The van der Waals surface area contributed by atoms with Crippen LogP contribution in [0.2, 0.25) is 0 Å². The summed E-state index contributed by atoms with van der Waals surface area (Å²) in [7, 11) is 1.55. The molecule has 0 unspecified atom stereocenters. The third-order valence-corrected chi connectivity index (χ3v) is 6.76. The fourth-order valence-electron chi connectivity index (χ4n) is 4.90. The lowest BCUT2D eigenvalue weighted by Gasteiger charge is -2.30. The van der Waals surface area contributed by atoms with E-state index in [-0.39, 0.29) is 5.91 Å². The molecule has 7 heteroatoms. The van der Waals surface area contributed by atoms with Crippen LogP contribution in [-0.4, -0.2) is 32.3 Å². The molecule has 0 aliphatic rings. The van der Waals surface area contributed by atoms with E-state index in [1.807, 2.05) is 91.0 Å². The van der Waals surface area contributed by atoms with Crippen molar-refractivity contribution in [1.29, 1.82) is 0 Å². The number of anilines is 1. The Kier molecular flexibility index (Phi) is 6.54. The van der Waals surface area contributed by atoms with E-state index in [0.29, 0.717) is 30.0 Å². The minimum Gasteiger partial charge on any atom is -0.496 e. The molecule has 5 aromatic rings. The number of pyridine rings is 1. The van der Waals surface area contributed by atoms with E-state index in [2.05, 4.69) is 10.4 Å². The molecule has 2 N–H and O–H groups in total. The predicted molar refractivity (Wildman–Crippen MR) is 144 cm³/mol. The molecule has 188 valence electrons. The summed E-state index contributed by atoms with van der Waals surface area (Å²) in [6, 6.07) is 23.1. The van der Waals surface area contributed by atoms with Gasteiger partial charge in [0.1, 0.15) is 11.4 Å². The molecular formula is C30H30N4O3. The number of fused-ring (bicyclic) bond motifs is 1. The summed E-state index contributed by atoms with van der Waals surface area (Å²) in [6.07, 6.45) is 5.83. The van der Waals surface area contributed by atoms with Crippen LogP contribution in [0.5, 0.6) is 5.75 Å². The zero-order valence-electron chi connectivity index (χ0n) is 21.2. The fourth-order valence-corrected chi connectivity index (χ4v) is 4.90. The lowest BCUT2D eigenvalue weighted by atomic mass is 9.80. The molecule has 0 saturated carbocycles. The van der Waals surface area contributed by atoms with Gasteiger partial charge in [-0.05, 0) is 30.5 Å². The second kappa shape index (κ2) is 9.95. The number of nitrogens with one attached hydrogen (secondary N) is 1. The van der Waals surface area contributed by atoms with Crippen molar-refractivity contribution < 1.29 is 14.6 Å². The third kappa shape index (κ3) is 4.27. The van der Waals surface area contributed by atoms with Gasteiger partial charge in [0, 0.05) is 41.8 Å². The highest BCUT2D eigenvalue weighted by molar-refractivity contribution is 6.06. The average molecular weight is 495 g/mol. The normalized spacial score (nSPS) is 11.6. The predicted octanol–water partition coefficient (Wildman–Crippen LogP) is 5.26. The van der Waals surface area contributed by atoms with Crippen molar-refractivity contribution >= 4 is 17.1 Å². The van der Waals surface area contributed by atoms with Crippen LogP contribution < -0.4 is 10.1 Å². The van der Waals surface area contributed by atoms with Gasteiger partial charge in [-0.2, -0.15) is 5.10 Å². The van der Waals surface area contributed by atoms with Crippen LogP contribution in [0.15, 0.2) is 91.4 Å². The number of ether oxygens (including phenoxy) is 1. The molecule has 2 aromatic carbocycles. The Hall–Kier alpha value is -4.36. The zero-order valence-corrected chi connectivity index (χ0v) is 21.2. The minimum absolute atomic E-state index is 0.298. The van der Waals surface area contributed by atoms with Crippen LogP contribution in [0.3, 0.4) is 0 Å². The Morgan fingerprint density at radius 1 is 1.00 bits per heavy atom. The van der Waals surface area contributed by atoms with Crippen molar-refractivity contribution in [3.05, 3.63) is 119 Å². The number of methoxy groups -OCH3 is 1. The highest BCUT2D eigenvalue weighted by Crippen LogP contribution is 2.40. The van der Waals surface area contributed by atoms with Crippen molar-refractivity contribution in [1.82, 2.24) is 14.2 Å². The molecule has 0 saturated heterocycles. The van der Waals surface area contributed by atoms with Crippen LogP contribution in [0.25, 0.3) is 5.52 Å². The number of aryl methyl sites for hydroxylation is 2. The summed E-state index contributed by atoms with van der Waals surface area (Å²) in [6.45, 7) is 4.74. The number of hydrogen-bond donors (Lipinski definition) is 2. The topological polar surface area (TPSA) is 80.8 Å². The summed E-state index contributed by atoms with van der Waals surface area (Å²) in [5, 5.41) is 19.6. The molecule has 0 atom stereocenters. The van der Waals surface area contributed by atoms with E-state index in [0.717, 1.165) is 27.9 Å². The summed E-state index contributed by atoms with van der Waals surface area (Å²) >= 11 is 0. The maximum absolute atomic E-state index is 13.3. The largest absolute Gasteiger partial charge is 0.496 e. The quantitative estimate of drug-likeness (QED) is 0.308. The standard InChI is InChI=1S/C30H30N4O3/c1-4-27-26(30(36,21-12-8-6-9-13-21)22-14-10-7-11-15-22)16-24-17-28(37-3)25(20-34(24)27)29(35)32-23-18-31-33(5-2)19-23/h6-20,36H,4-5H2,1-3H3,(H,32,35). The van der Waals surface area contributed by atoms with E-state index < -0.39 is 5.60 Å². The molecule has 5 rings (SSSR count). The van der Waals surface area contributed by atoms with Gasteiger partial charge in [-0.3, -0.25) is 9.48 Å². The summed E-state index contributed by atoms with van der Waals surface area (Å²) in [5.74, 6) is 0.149. The van der Waals surface area contributed by atoms with Gasteiger partial charge in [0.25, 0.3) is 5.91 Å². The smallest absolute Gasteiger partial charge is 0.261 e. The number of hydrogen-bond acceptors (Lipinski definition) is 4. The number of nitrogens with zero attached hydrogens (tertiary/aromatic N) is 3. The summed E-state index contributed by atoms with van der Waals surface area (Å²) < 4.78 is 9.34. The maximum atomic E-state index is 13.3. The number of carbonyl (C=O) groups is 1. The first-order valence-electron chi connectivity index (χ1n) is 12.4. The van der Waals surface area contributed by atoms with Crippen molar-refractivity contribution in [3.8, 4) is 5.75 Å². The number of aromatic nitrogens is 3. The van der Waals surface area contributed by atoms with Crippen LogP contribution >= 0.6 is 0 Å². The first-order chi connectivity index (χ1) is 18.0. The van der Waals surface area contributed by atoms with Crippen LogP contribution in [-0.2, 0) is 18.6 Å². The maximum Gasteiger partial charge on any atom is 0.261 e. The van der Waals surface area contributed by atoms with Crippen molar-refractivity contribution in [3.63, 3.8) is 0 Å². The van der Waals surface area contributed by atoms with Gasteiger partial charge in [-0.1, -0.05) is 67.6 Å². The molecule has 7 nitrogen and oxygen atoms in total. The van der Waals surface area contributed by atoms with Gasteiger partial charge < -0.3 is 19.6 Å². The van der Waals surface area contributed by atoms with Crippen LogP contribution in [0.4, 0.5) is 5.69 Å². The second-order valence-corrected chi connectivity index (χ2v) is 8.89. The number of amides is 1. The molecule has 0 fully saturated rings. The average Bonchev–Trinajstić information content (AvgIpc) is 3.56. The van der Waals surface area contributed by atoms with Crippen LogP contribution in [0.1, 0.15) is 46.6 Å². The Labute approximate surface area is 216 Å². The highest BCUT2D eigenvalue weighted by Gasteiger charge is 2.37. The summed E-state index contributed by atoms with van der Waals surface area (Å²) in [4.78, 5) is 13.3. The van der Waals surface area contributed by atoms with E-state index in [1.54, 1.807) is 30.4 Å². The van der Waals surface area contributed by atoms with Gasteiger partial charge in [-0.25, -0.2) is 0 Å². The van der Waals surface area contributed by atoms with Crippen molar-refractivity contribution in [2.45, 2.75) is 32.4 Å². The second-order valence-electron chi connectivity index (χ2n) is 8.89. The van der Waals surface area contributed by atoms with Gasteiger partial charge in [0.2, 0.25) is 0 Å². The van der Waals surface area contributed by atoms with E-state index in [4.69, 9.17) is 4.74 Å². The Morgan fingerprint density at radius 3 is 2.19 bits per heavy atom. The number of rotatable bonds is 8. The third-order valence-electron chi connectivity index (χ3n) is 6.76. The van der Waals surface area contributed by atoms with Gasteiger partial charge in [0.15, 0.2) is 0 Å². The fraction of sp³-hybridized carbons (Fsp3) is 0.200. The molecular weight excluding hydrogens is 464 g/mol. The Bertz CT molecular complexity index is 1500. The van der Waals surface area contributed by atoms with Crippen LogP contribution in [0, 0.1) is 0 Å². The van der Waals surface area contributed by atoms with E-state index in [9.17, 15) is 9.90 Å². The zero-order chi connectivity index (χ0) is 26.0. The summed E-state index contributed by atoms with van der Waals surface area (Å²) in [5.41, 5.74) is 3.64. The van der Waals surface area contributed by atoms with Crippen molar-refractivity contribution in [2.24, 2.45) is 0 Å². The molecule has 0 radical (unpaired) electrons. The molecule has 3 heterocycles. The van der Waals surface area contributed by atoms with Gasteiger partial charge >= 0.3 is 0 Å². The lowest BCUT2D eigenvalue weighted by molar-refractivity contribution is 0.102. The number of benzene rings is 2. The SMILES string of the molecule is CCc1c(C(O)(c2ccccc2)c2ccccc2)cc2cc(OC)c(C(=O)Nc3cnn(CC)c3)cn12. The molecule has 0 bridgehead atoms. The lowest BCUT2D eigenvalue weighted by Crippen LogP contribution is -2.29. The molecule has 0 aliphatic carbocycles.